The second-order valence-corrected chi connectivity index (χ2v) is 3.57. The SMILES string of the molecule is CCCCSc1[c-]cccc1.[Br-].[Mg+2]. The van der Waals surface area contributed by atoms with E-state index >= 15 is 0 Å². The van der Waals surface area contributed by atoms with Gasteiger partial charge in [-0.05, 0) is 12.2 Å². The maximum absolute atomic E-state index is 3.19. The number of hydrogen-bond acceptors (Lipinski definition) is 1. The molecule has 0 amide bonds. The number of benzene rings is 1. The Morgan fingerprint density at radius 3 is 2.69 bits per heavy atom. The Hall–Kier alpha value is 0.816. The summed E-state index contributed by atoms with van der Waals surface area (Å²) >= 11 is 1.89. The van der Waals surface area contributed by atoms with E-state index in [-0.39, 0.29) is 40.0 Å². The van der Waals surface area contributed by atoms with Gasteiger partial charge in [0.05, 0.1) is 0 Å². The van der Waals surface area contributed by atoms with Crippen molar-refractivity contribution in [2.75, 3.05) is 5.75 Å². The zero-order valence-electron chi connectivity index (χ0n) is 7.92. The van der Waals surface area contributed by atoms with Crippen molar-refractivity contribution in [2.24, 2.45) is 0 Å². The molecule has 0 saturated carbocycles. The third-order valence-corrected chi connectivity index (χ3v) is 2.49. The molecule has 3 heteroatoms. The van der Waals surface area contributed by atoms with Crippen LogP contribution in [0.2, 0.25) is 0 Å². The van der Waals surface area contributed by atoms with Crippen LogP contribution in [0.3, 0.4) is 0 Å². The van der Waals surface area contributed by atoms with Gasteiger partial charge in [0.15, 0.2) is 0 Å². The van der Waals surface area contributed by atoms with Gasteiger partial charge in [-0.1, -0.05) is 13.3 Å². The Labute approximate surface area is 112 Å². The Morgan fingerprint density at radius 1 is 1.38 bits per heavy atom. The van der Waals surface area contributed by atoms with E-state index < -0.39 is 0 Å². The zero-order valence-corrected chi connectivity index (χ0v) is 11.7. The number of rotatable bonds is 4. The van der Waals surface area contributed by atoms with Crippen molar-refractivity contribution in [3.8, 4) is 0 Å². The molecule has 1 aromatic rings. The van der Waals surface area contributed by atoms with Crippen molar-refractivity contribution in [1.82, 2.24) is 0 Å². The van der Waals surface area contributed by atoms with Gasteiger partial charge in [0.1, 0.15) is 0 Å². The zero-order chi connectivity index (χ0) is 7.94. The van der Waals surface area contributed by atoms with E-state index in [4.69, 9.17) is 0 Å². The largest absolute Gasteiger partial charge is 2.00 e. The fraction of sp³-hybridized carbons (Fsp3) is 0.400. The normalized spacial score (nSPS) is 8.38. The third-order valence-electron chi connectivity index (χ3n) is 1.44. The molecule has 1 rings (SSSR count). The van der Waals surface area contributed by atoms with Crippen LogP contribution >= 0.6 is 11.8 Å². The Kier molecular flexibility index (Phi) is 13.6. The maximum Gasteiger partial charge on any atom is 2.00 e. The topological polar surface area (TPSA) is 0 Å². The molecule has 0 aromatic heterocycles. The van der Waals surface area contributed by atoms with E-state index in [1.54, 1.807) is 0 Å². The van der Waals surface area contributed by atoms with Gasteiger partial charge in [0.25, 0.3) is 0 Å². The van der Waals surface area contributed by atoms with Crippen LogP contribution in [0.4, 0.5) is 0 Å². The molecule has 0 aliphatic rings. The summed E-state index contributed by atoms with van der Waals surface area (Å²) in [5, 5.41) is 0. The molecule has 0 nitrogen and oxygen atoms in total. The van der Waals surface area contributed by atoms with Crippen molar-refractivity contribution in [1.29, 1.82) is 0 Å². The second-order valence-electron chi connectivity index (χ2n) is 2.43. The van der Waals surface area contributed by atoms with Crippen molar-refractivity contribution in [3.05, 3.63) is 30.3 Å². The summed E-state index contributed by atoms with van der Waals surface area (Å²) in [5.74, 6) is 1.22. The van der Waals surface area contributed by atoms with E-state index in [2.05, 4.69) is 25.1 Å². The molecule has 0 spiro atoms. The van der Waals surface area contributed by atoms with E-state index in [1.807, 2.05) is 23.9 Å². The molecular weight excluding hydrogens is 256 g/mol. The summed E-state index contributed by atoms with van der Waals surface area (Å²) < 4.78 is 0. The molecule has 0 fully saturated rings. The van der Waals surface area contributed by atoms with Crippen molar-refractivity contribution >= 4 is 34.8 Å². The van der Waals surface area contributed by atoms with Gasteiger partial charge in [-0.3, -0.25) is 0 Å². The van der Waals surface area contributed by atoms with Crippen LogP contribution in [-0.2, 0) is 0 Å². The van der Waals surface area contributed by atoms with Crippen LogP contribution in [0, 0.1) is 6.07 Å². The first-order chi connectivity index (χ1) is 5.43. The fourth-order valence-electron chi connectivity index (χ4n) is 0.793. The number of halogens is 1. The molecule has 0 bridgehead atoms. The van der Waals surface area contributed by atoms with Crippen LogP contribution in [-0.4, -0.2) is 28.8 Å². The summed E-state index contributed by atoms with van der Waals surface area (Å²) in [7, 11) is 0. The molecule has 0 atom stereocenters. The minimum Gasteiger partial charge on any atom is -1.00 e. The first-order valence-electron chi connectivity index (χ1n) is 4.03. The van der Waals surface area contributed by atoms with E-state index in [9.17, 15) is 0 Å². The maximum atomic E-state index is 3.19. The van der Waals surface area contributed by atoms with Gasteiger partial charge in [0, 0.05) is 0 Å². The summed E-state index contributed by atoms with van der Waals surface area (Å²) in [6.07, 6.45) is 2.58. The van der Waals surface area contributed by atoms with Crippen LogP contribution in [0.25, 0.3) is 0 Å². The van der Waals surface area contributed by atoms with E-state index in [1.165, 1.54) is 23.5 Å². The van der Waals surface area contributed by atoms with Crippen LogP contribution in [0.15, 0.2) is 29.2 Å². The Morgan fingerprint density at radius 2 is 2.15 bits per heavy atom. The Bertz CT molecular complexity index is 191. The molecule has 13 heavy (non-hydrogen) atoms. The molecule has 0 heterocycles. The summed E-state index contributed by atoms with van der Waals surface area (Å²) in [4.78, 5) is 1.26. The van der Waals surface area contributed by atoms with Gasteiger partial charge in [-0.25, -0.2) is 0 Å². The quantitative estimate of drug-likeness (QED) is 0.321. The molecular formula is C10H13BrMgS. The molecule has 0 saturated heterocycles. The van der Waals surface area contributed by atoms with E-state index in [0.29, 0.717) is 0 Å². The summed E-state index contributed by atoms with van der Waals surface area (Å²) in [6.45, 7) is 2.22. The predicted molar refractivity (Wildman–Crippen MR) is 56.7 cm³/mol. The molecule has 0 N–H and O–H groups in total. The molecule has 0 radical (unpaired) electrons. The number of thioether (sulfide) groups is 1. The predicted octanol–water partition coefficient (Wildman–Crippen LogP) is 0.00219. The van der Waals surface area contributed by atoms with Gasteiger partial charge in [-0.15, -0.1) is 4.90 Å². The van der Waals surface area contributed by atoms with Crippen LogP contribution in [0.1, 0.15) is 19.8 Å². The smallest absolute Gasteiger partial charge is 1.00 e. The Balaban J connectivity index is 0. The summed E-state index contributed by atoms with van der Waals surface area (Å²) in [6, 6.07) is 11.3. The third kappa shape index (κ3) is 7.85. The minimum atomic E-state index is 0. The van der Waals surface area contributed by atoms with Gasteiger partial charge >= 0.3 is 23.1 Å². The molecule has 0 unspecified atom stereocenters. The van der Waals surface area contributed by atoms with E-state index in [0.717, 1.165) is 0 Å². The minimum absolute atomic E-state index is 0. The average molecular weight is 269 g/mol. The van der Waals surface area contributed by atoms with Crippen LogP contribution in [0.5, 0.6) is 0 Å². The van der Waals surface area contributed by atoms with Gasteiger partial charge in [0.2, 0.25) is 0 Å². The molecule has 68 valence electrons. The fourth-order valence-corrected chi connectivity index (χ4v) is 1.77. The first-order valence-corrected chi connectivity index (χ1v) is 5.01. The standard InChI is InChI=1S/C10H13S.BrH.Mg/c1-2-3-9-11-10-7-5-4-6-8-10;;/h4-7H,2-3,9H2,1H3;1H;/q-1;;+2/p-1. The van der Waals surface area contributed by atoms with Crippen LogP contribution < -0.4 is 17.0 Å². The second kappa shape index (κ2) is 10.9. The van der Waals surface area contributed by atoms with Crippen molar-refractivity contribution in [2.45, 2.75) is 24.7 Å². The first kappa shape index (κ1) is 16.3. The number of unbranched alkanes of at least 4 members (excludes halogenated alkanes) is 1. The van der Waals surface area contributed by atoms with Crippen molar-refractivity contribution in [3.63, 3.8) is 0 Å². The molecule has 0 aliphatic carbocycles. The molecule has 1 aromatic carbocycles. The van der Waals surface area contributed by atoms with Crippen molar-refractivity contribution < 1.29 is 17.0 Å². The monoisotopic (exact) mass is 268 g/mol. The van der Waals surface area contributed by atoms with Gasteiger partial charge < -0.3 is 17.0 Å². The number of hydrogen-bond donors (Lipinski definition) is 0. The van der Waals surface area contributed by atoms with Gasteiger partial charge in [-0.2, -0.15) is 42.1 Å². The molecule has 0 aliphatic heterocycles. The summed E-state index contributed by atoms with van der Waals surface area (Å²) in [5.41, 5.74) is 0. The average Bonchev–Trinajstić information content (AvgIpc) is 2.07.